The van der Waals surface area contributed by atoms with Gasteiger partial charge >= 0.3 is 0 Å². The fourth-order valence-electron chi connectivity index (χ4n) is 4.85. The molecule has 2 aliphatic rings. The second-order valence-corrected chi connectivity index (χ2v) is 8.42. The van der Waals surface area contributed by atoms with Gasteiger partial charge < -0.3 is 10.2 Å². The SMILES string of the molecule is Cc1ccc(NC2CC3CC2N(C(=O)c2ncc(C)cc2-n2nccn2)C3C)nc1. The Bertz CT molecular complexity index is 1060. The number of amides is 1. The Hall–Kier alpha value is -3.29. The second kappa shape index (κ2) is 7.19. The Labute approximate surface area is 175 Å². The van der Waals surface area contributed by atoms with Crippen molar-refractivity contribution in [3.63, 3.8) is 0 Å². The number of pyridine rings is 2. The van der Waals surface area contributed by atoms with Gasteiger partial charge in [0.25, 0.3) is 5.91 Å². The van der Waals surface area contributed by atoms with Crippen molar-refractivity contribution in [1.82, 2.24) is 29.9 Å². The molecule has 3 aromatic heterocycles. The molecular formula is C22H25N7O. The molecule has 1 aliphatic heterocycles. The zero-order valence-corrected chi connectivity index (χ0v) is 17.4. The van der Waals surface area contributed by atoms with Gasteiger partial charge in [-0.05, 0) is 62.8 Å². The first-order chi connectivity index (χ1) is 14.5. The van der Waals surface area contributed by atoms with Crippen LogP contribution < -0.4 is 5.32 Å². The van der Waals surface area contributed by atoms with Crippen molar-refractivity contribution < 1.29 is 4.79 Å². The Morgan fingerprint density at radius 1 is 1.07 bits per heavy atom. The van der Waals surface area contributed by atoms with Crippen LogP contribution in [0.1, 0.15) is 41.4 Å². The lowest BCUT2D eigenvalue weighted by Gasteiger charge is -2.38. The molecule has 0 spiro atoms. The summed E-state index contributed by atoms with van der Waals surface area (Å²) in [7, 11) is 0. The third kappa shape index (κ3) is 3.12. The lowest BCUT2D eigenvalue weighted by atomic mass is 9.97. The lowest BCUT2D eigenvalue weighted by molar-refractivity contribution is 0.0591. The second-order valence-electron chi connectivity index (χ2n) is 8.42. The highest BCUT2D eigenvalue weighted by Crippen LogP contribution is 2.44. The molecule has 0 radical (unpaired) electrons. The Morgan fingerprint density at radius 2 is 1.83 bits per heavy atom. The third-order valence-electron chi connectivity index (χ3n) is 6.36. The van der Waals surface area contributed by atoms with E-state index in [4.69, 9.17) is 0 Å². The molecule has 5 rings (SSSR count). The number of hydrogen-bond donors (Lipinski definition) is 1. The summed E-state index contributed by atoms with van der Waals surface area (Å²) in [5.74, 6) is 1.26. The predicted octanol–water partition coefficient (Wildman–Crippen LogP) is 2.78. The van der Waals surface area contributed by atoms with E-state index in [-0.39, 0.29) is 24.0 Å². The minimum absolute atomic E-state index is 0.0642. The van der Waals surface area contributed by atoms with Gasteiger partial charge in [0, 0.05) is 24.5 Å². The van der Waals surface area contributed by atoms with Gasteiger partial charge in [0.1, 0.15) is 11.5 Å². The van der Waals surface area contributed by atoms with Crippen molar-refractivity contribution in [1.29, 1.82) is 0 Å². The summed E-state index contributed by atoms with van der Waals surface area (Å²) >= 11 is 0. The van der Waals surface area contributed by atoms with Crippen LogP contribution in [0.2, 0.25) is 0 Å². The number of likely N-dealkylation sites (tertiary alicyclic amines) is 1. The van der Waals surface area contributed by atoms with Crippen LogP contribution in [0.15, 0.2) is 43.0 Å². The van der Waals surface area contributed by atoms with Crippen LogP contribution in [0.5, 0.6) is 0 Å². The van der Waals surface area contributed by atoms with Gasteiger partial charge in [-0.15, -0.1) is 4.80 Å². The zero-order valence-electron chi connectivity index (χ0n) is 17.4. The van der Waals surface area contributed by atoms with E-state index in [9.17, 15) is 4.79 Å². The zero-order chi connectivity index (χ0) is 20.8. The maximum atomic E-state index is 13.7. The molecular weight excluding hydrogens is 378 g/mol. The van der Waals surface area contributed by atoms with E-state index in [0.29, 0.717) is 17.3 Å². The number of nitrogens with one attached hydrogen (secondary N) is 1. The van der Waals surface area contributed by atoms with Gasteiger partial charge in [0.2, 0.25) is 0 Å². The molecule has 8 nitrogen and oxygen atoms in total. The Morgan fingerprint density at radius 3 is 2.53 bits per heavy atom. The molecule has 0 aromatic carbocycles. The molecule has 3 aromatic rings. The van der Waals surface area contributed by atoms with E-state index in [1.165, 1.54) is 4.80 Å². The standard InChI is InChI=1S/C22H25N7O/c1-13-4-5-20(23-11-13)27-17-9-16-10-18(17)28(15(16)3)22(30)21-19(8-14(2)12-24-21)29-25-6-7-26-29/h4-8,11-12,15-18H,9-10H2,1-3H3,(H,23,27). The highest BCUT2D eigenvalue weighted by molar-refractivity contribution is 5.96. The molecule has 30 heavy (non-hydrogen) atoms. The summed E-state index contributed by atoms with van der Waals surface area (Å²) in [4.78, 5) is 26.1. The number of piperidine rings is 1. The van der Waals surface area contributed by atoms with E-state index < -0.39 is 0 Å². The topological polar surface area (TPSA) is 88.8 Å². The molecule has 4 atom stereocenters. The van der Waals surface area contributed by atoms with Crippen LogP contribution in [-0.2, 0) is 0 Å². The Balaban J connectivity index is 1.44. The summed E-state index contributed by atoms with van der Waals surface area (Å²) < 4.78 is 0. The Kier molecular flexibility index (Phi) is 4.49. The van der Waals surface area contributed by atoms with E-state index in [0.717, 1.165) is 29.8 Å². The summed E-state index contributed by atoms with van der Waals surface area (Å²) in [6, 6.07) is 6.43. The number of carbonyl (C=O) groups excluding carboxylic acids is 1. The van der Waals surface area contributed by atoms with E-state index in [1.54, 1.807) is 18.6 Å². The van der Waals surface area contributed by atoms with Gasteiger partial charge in [-0.3, -0.25) is 4.79 Å². The molecule has 1 N–H and O–H groups in total. The first-order valence-corrected chi connectivity index (χ1v) is 10.4. The predicted molar refractivity (Wildman–Crippen MR) is 112 cm³/mol. The average Bonchev–Trinajstić information content (AvgIpc) is 3.46. The van der Waals surface area contributed by atoms with Gasteiger partial charge in [0.15, 0.2) is 5.69 Å². The van der Waals surface area contributed by atoms with Crippen molar-refractivity contribution in [3.05, 3.63) is 59.8 Å². The number of aromatic nitrogens is 5. The number of anilines is 1. The largest absolute Gasteiger partial charge is 0.365 e. The number of rotatable bonds is 4. The molecule has 4 unspecified atom stereocenters. The minimum atomic E-state index is -0.0642. The van der Waals surface area contributed by atoms with Crippen LogP contribution in [0.4, 0.5) is 5.82 Å². The lowest BCUT2D eigenvalue weighted by Crippen LogP contribution is -2.52. The van der Waals surface area contributed by atoms with Crippen LogP contribution in [0.25, 0.3) is 5.69 Å². The van der Waals surface area contributed by atoms with Crippen molar-refractivity contribution in [2.75, 3.05) is 5.32 Å². The van der Waals surface area contributed by atoms with Gasteiger partial charge in [0.05, 0.1) is 18.4 Å². The molecule has 154 valence electrons. The third-order valence-corrected chi connectivity index (χ3v) is 6.36. The minimum Gasteiger partial charge on any atom is -0.365 e. The summed E-state index contributed by atoms with van der Waals surface area (Å²) in [5, 5.41) is 12.0. The first-order valence-electron chi connectivity index (χ1n) is 10.4. The first kappa shape index (κ1) is 18.7. The molecule has 1 saturated heterocycles. The van der Waals surface area contributed by atoms with E-state index >= 15 is 0 Å². The number of fused-ring (bicyclic) bond motifs is 2. The smallest absolute Gasteiger partial charge is 0.275 e. The van der Waals surface area contributed by atoms with Crippen LogP contribution >= 0.6 is 0 Å². The van der Waals surface area contributed by atoms with Crippen molar-refractivity contribution in [3.8, 4) is 5.69 Å². The maximum absolute atomic E-state index is 13.7. The van der Waals surface area contributed by atoms with Crippen LogP contribution in [0.3, 0.4) is 0 Å². The maximum Gasteiger partial charge on any atom is 0.275 e. The molecule has 4 heterocycles. The average molecular weight is 403 g/mol. The fraction of sp³-hybridized carbons (Fsp3) is 0.409. The van der Waals surface area contributed by atoms with Gasteiger partial charge in [-0.1, -0.05) is 6.07 Å². The number of hydrogen-bond acceptors (Lipinski definition) is 6. The number of aryl methyl sites for hydroxylation is 2. The highest BCUT2D eigenvalue weighted by atomic mass is 16.2. The number of nitrogens with zero attached hydrogens (tertiary/aromatic N) is 6. The normalized spacial score (nSPS) is 25.0. The summed E-state index contributed by atoms with van der Waals surface area (Å²) in [6.45, 7) is 6.11. The molecule has 2 fully saturated rings. The van der Waals surface area contributed by atoms with Crippen molar-refractivity contribution in [2.45, 2.75) is 51.7 Å². The van der Waals surface area contributed by atoms with Gasteiger partial charge in [-0.25, -0.2) is 9.97 Å². The van der Waals surface area contributed by atoms with E-state index in [2.05, 4.69) is 32.4 Å². The fourth-order valence-corrected chi connectivity index (χ4v) is 4.85. The monoisotopic (exact) mass is 403 g/mol. The summed E-state index contributed by atoms with van der Waals surface area (Å²) in [6.07, 6.45) is 8.83. The van der Waals surface area contributed by atoms with E-state index in [1.807, 2.05) is 43.1 Å². The summed E-state index contributed by atoms with van der Waals surface area (Å²) in [5.41, 5.74) is 3.09. The van der Waals surface area contributed by atoms with Crippen LogP contribution in [-0.4, -0.2) is 53.9 Å². The quantitative estimate of drug-likeness (QED) is 0.721. The van der Waals surface area contributed by atoms with Crippen molar-refractivity contribution >= 4 is 11.7 Å². The molecule has 2 bridgehead atoms. The molecule has 1 amide bonds. The molecule has 1 aliphatic carbocycles. The van der Waals surface area contributed by atoms with Crippen LogP contribution in [0, 0.1) is 19.8 Å². The molecule has 8 heteroatoms. The van der Waals surface area contributed by atoms with Crippen molar-refractivity contribution in [2.24, 2.45) is 5.92 Å². The molecule has 1 saturated carbocycles. The highest BCUT2D eigenvalue weighted by Gasteiger charge is 2.52. The van der Waals surface area contributed by atoms with Gasteiger partial charge in [-0.2, -0.15) is 10.2 Å². The number of carbonyl (C=O) groups is 1.